The highest BCUT2D eigenvalue weighted by atomic mass is 16.5. The van der Waals surface area contributed by atoms with Gasteiger partial charge in [-0.25, -0.2) is 9.48 Å². The molecular weight excluding hydrogens is 380 g/mol. The van der Waals surface area contributed by atoms with E-state index in [0.717, 1.165) is 16.9 Å². The second kappa shape index (κ2) is 8.41. The van der Waals surface area contributed by atoms with Crippen LogP contribution >= 0.6 is 0 Å². The lowest BCUT2D eigenvalue weighted by Crippen LogP contribution is -2.29. The fourth-order valence-electron chi connectivity index (χ4n) is 3.47. The van der Waals surface area contributed by atoms with Crippen molar-refractivity contribution in [1.29, 1.82) is 0 Å². The molecular formula is C23H24N4O3. The van der Waals surface area contributed by atoms with Crippen molar-refractivity contribution in [1.82, 2.24) is 14.8 Å². The number of nitrogens with zero attached hydrogens (tertiary/aromatic N) is 3. The molecule has 7 nitrogen and oxygen atoms in total. The third kappa shape index (κ3) is 3.91. The number of esters is 1. The predicted molar refractivity (Wildman–Crippen MR) is 113 cm³/mol. The van der Waals surface area contributed by atoms with Crippen molar-refractivity contribution < 1.29 is 14.3 Å². The van der Waals surface area contributed by atoms with Crippen LogP contribution in [-0.2, 0) is 16.1 Å². The first-order valence-electron chi connectivity index (χ1n) is 9.89. The molecule has 2 aromatic carbocycles. The van der Waals surface area contributed by atoms with Crippen molar-refractivity contribution >= 4 is 11.9 Å². The maximum Gasteiger partial charge on any atom is 0.338 e. The van der Waals surface area contributed by atoms with Gasteiger partial charge in [0.15, 0.2) is 0 Å². The summed E-state index contributed by atoms with van der Waals surface area (Å²) in [5.74, 6) is 0.976. The highest BCUT2D eigenvalue weighted by Gasteiger charge is 2.34. The number of carbonyl (C=O) groups excluding carboxylic acids is 1. The van der Waals surface area contributed by atoms with E-state index in [1.165, 1.54) is 11.9 Å². The molecule has 4 rings (SSSR count). The van der Waals surface area contributed by atoms with Gasteiger partial charge in [-0.1, -0.05) is 42.0 Å². The summed E-state index contributed by atoms with van der Waals surface area (Å²) in [6, 6.07) is 15.5. The fourth-order valence-corrected chi connectivity index (χ4v) is 3.47. The average Bonchev–Trinajstić information content (AvgIpc) is 3.21. The molecule has 0 saturated heterocycles. The number of hydrogen-bond acceptors (Lipinski definition) is 6. The number of ether oxygens (including phenoxy) is 2. The summed E-state index contributed by atoms with van der Waals surface area (Å²) in [6.45, 7) is 6.49. The van der Waals surface area contributed by atoms with E-state index in [0.29, 0.717) is 30.4 Å². The van der Waals surface area contributed by atoms with Crippen molar-refractivity contribution in [2.75, 3.05) is 11.9 Å². The molecule has 0 fully saturated rings. The Morgan fingerprint density at radius 1 is 1.10 bits per heavy atom. The van der Waals surface area contributed by atoms with E-state index >= 15 is 0 Å². The number of allylic oxidation sites excluding steroid dienone is 1. The zero-order valence-corrected chi connectivity index (χ0v) is 17.3. The summed E-state index contributed by atoms with van der Waals surface area (Å²) in [7, 11) is 0. The van der Waals surface area contributed by atoms with Crippen molar-refractivity contribution in [2.45, 2.75) is 33.4 Å². The third-order valence-corrected chi connectivity index (χ3v) is 5.01. The van der Waals surface area contributed by atoms with Crippen LogP contribution in [0.4, 0.5) is 5.95 Å². The van der Waals surface area contributed by atoms with Crippen molar-refractivity contribution in [3.8, 4) is 5.75 Å². The number of anilines is 1. The molecule has 0 radical (unpaired) electrons. The minimum absolute atomic E-state index is 0.304. The molecule has 0 bridgehead atoms. The first-order chi connectivity index (χ1) is 14.6. The lowest BCUT2D eigenvalue weighted by atomic mass is 9.96. The number of carbonyl (C=O) groups is 1. The summed E-state index contributed by atoms with van der Waals surface area (Å²) < 4.78 is 12.9. The number of rotatable bonds is 6. The first-order valence-corrected chi connectivity index (χ1v) is 9.89. The normalized spacial score (nSPS) is 15.4. The second-order valence-corrected chi connectivity index (χ2v) is 7.16. The second-order valence-electron chi connectivity index (χ2n) is 7.16. The molecule has 3 aromatic rings. The molecule has 0 amide bonds. The predicted octanol–water partition coefficient (Wildman–Crippen LogP) is 4.02. The lowest BCUT2D eigenvalue weighted by Gasteiger charge is -2.28. The number of nitrogens with one attached hydrogen (secondary N) is 1. The topological polar surface area (TPSA) is 78.3 Å². The number of benzene rings is 2. The van der Waals surface area contributed by atoms with Crippen molar-refractivity contribution in [3.63, 3.8) is 0 Å². The van der Waals surface area contributed by atoms with Gasteiger partial charge in [0.2, 0.25) is 5.95 Å². The van der Waals surface area contributed by atoms with Crippen molar-refractivity contribution in [3.05, 3.63) is 82.8 Å². The average molecular weight is 404 g/mol. The minimum Gasteiger partial charge on any atom is -0.489 e. The first kappa shape index (κ1) is 19.7. The number of hydrogen-bond donors (Lipinski definition) is 1. The van der Waals surface area contributed by atoms with Gasteiger partial charge in [-0.15, -0.1) is 0 Å². The van der Waals surface area contributed by atoms with E-state index in [1.54, 1.807) is 11.6 Å². The lowest BCUT2D eigenvalue weighted by molar-refractivity contribution is -0.139. The molecule has 30 heavy (non-hydrogen) atoms. The van der Waals surface area contributed by atoms with E-state index in [9.17, 15) is 4.79 Å². The van der Waals surface area contributed by atoms with E-state index < -0.39 is 6.04 Å². The summed E-state index contributed by atoms with van der Waals surface area (Å²) in [5.41, 5.74) is 4.45. The van der Waals surface area contributed by atoms with Gasteiger partial charge in [0, 0.05) is 5.70 Å². The maximum atomic E-state index is 12.7. The fraction of sp³-hybridized carbons (Fsp3) is 0.261. The molecule has 1 atom stereocenters. The van der Waals surface area contributed by atoms with E-state index in [-0.39, 0.29) is 5.97 Å². The molecule has 1 aliphatic rings. The standard InChI is InChI=1S/C23H24N4O3/c1-4-29-22(28)20-16(3)26-23-24-14-25-27(23)21(20)18-9-11-19(12-10-18)30-13-17-7-5-15(2)6-8-17/h5-12,14,21H,4,13H2,1-3H3,(H,24,25,26)/t21-/m1/s1. The van der Waals surface area contributed by atoms with Gasteiger partial charge in [0.25, 0.3) is 0 Å². The van der Waals surface area contributed by atoms with Crippen LogP contribution in [-0.4, -0.2) is 27.3 Å². The van der Waals surface area contributed by atoms with Gasteiger partial charge in [0.1, 0.15) is 24.7 Å². The van der Waals surface area contributed by atoms with Crippen LogP contribution in [0.1, 0.15) is 36.6 Å². The summed E-state index contributed by atoms with van der Waals surface area (Å²) in [6.07, 6.45) is 1.47. The molecule has 1 aromatic heterocycles. The SMILES string of the molecule is CCOC(=O)C1=C(C)Nc2ncnn2[C@@H]1c1ccc(OCc2ccc(C)cc2)cc1. The van der Waals surface area contributed by atoms with Crippen LogP contribution in [0.2, 0.25) is 0 Å². The molecule has 154 valence electrons. The third-order valence-electron chi connectivity index (χ3n) is 5.01. The van der Waals surface area contributed by atoms with Crippen LogP contribution in [0.25, 0.3) is 0 Å². The van der Waals surface area contributed by atoms with Crippen LogP contribution in [0, 0.1) is 6.92 Å². The summed E-state index contributed by atoms with van der Waals surface area (Å²) in [4.78, 5) is 16.9. The Hall–Kier alpha value is -3.61. The van der Waals surface area contributed by atoms with Gasteiger partial charge < -0.3 is 14.8 Å². The highest BCUT2D eigenvalue weighted by molar-refractivity contribution is 5.92. The minimum atomic E-state index is -0.422. The largest absolute Gasteiger partial charge is 0.489 e. The van der Waals surface area contributed by atoms with Crippen LogP contribution in [0.5, 0.6) is 5.75 Å². The Labute approximate surface area is 175 Å². The number of aryl methyl sites for hydroxylation is 1. The van der Waals surface area contributed by atoms with Gasteiger partial charge in [0.05, 0.1) is 12.2 Å². The quantitative estimate of drug-likeness (QED) is 0.625. The Bertz CT molecular complexity index is 1070. The van der Waals surface area contributed by atoms with Gasteiger partial charge >= 0.3 is 5.97 Å². The Balaban J connectivity index is 1.58. The zero-order chi connectivity index (χ0) is 21.1. The molecule has 0 aliphatic carbocycles. The number of fused-ring (bicyclic) bond motifs is 1. The molecule has 7 heteroatoms. The highest BCUT2D eigenvalue weighted by Crippen LogP contribution is 2.35. The molecule has 2 heterocycles. The smallest absolute Gasteiger partial charge is 0.338 e. The molecule has 1 aliphatic heterocycles. The van der Waals surface area contributed by atoms with Crippen molar-refractivity contribution in [2.24, 2.45) is 0 Å². The van der Waals surface area contributed by atoms with Gasteiger partial charge in [-0.3, -0.25) is 0 Å². The van der Waals surface area contributed by atoms with Crippen LogP contribution < -0.4 is 10.1 Å². The molecule has 1 N–H and O–H groups in total. The number of aromatic nitrogens is 3. The van der Waals surface area contributed by atoms with Crippen LogP contribution in [0.3, 0.4) is 0 Å². The molecule has 0 spiro atoms. The monoisotopic (exact) mass is 404 g/mol. The zero-order valence-electron chi connectivity index (χ0n) is 17.3. The Morgan fingerprint density at radius 3 is 2.53 bits per heavy atom. The maximum absolute atomic E-state index is 12.7. The van der Waals surface area contributed by atoms with E-state index in [4.69, 9.17) is 9.47 Å². The van der Waals surface area contributed by atoms with Crippen LogP contribution in [0.15, 0.2) is 66.1 Å². The summed E-state index contributed by atoms with van der Waals surface area (Å²) in [5, 5.41) is 7.44. The summed E-state index contributed by atoms with van der Waals surface area (Å²) >= 11 is 0. The molecule has 0 saturated carbocycles. The Kier molecular flexibility index (Phi) is 5.52. The van der Waals surface area contributed by atoms with Gasteiger partial charge in [-0.05, 0) is 44.0 Å². The van der Waals surface area contributed by atoms with Gasteiger partial charge in [-0.2, -0.15) is 10.1 Å². The Morgan fingerprint density at radius 2 is 1.83 bits per heavy atom. The van der Waals surface area contributed by atoms with E-state index in [1.807, 2.05) is 31.2 Å². The molecule has 0 unspecified atom stereocenters. The van der Waals surface area contributed by atoms with E-state index in [2.05, 4.69) is 46.6 Å².